The van der Waals surface area contributed by atoms with Gasteiger partial charge in [0, 0.05) is 29.7 Å². The molecule has 4 rings (SSSR count). The number of fused-ring (bicyclic) bond motifs is 1. The van der Waals surface area contributed by atoms with Gasteiger partial charge in [0.2, 0.25) is 0 Å². The molecule has 6 heteroatoms. The van der Waals surface area contributed by atoms with Gasteiger partial charge >= 0.3 is 0 Å². The molecule has 0 saturated heterocycles. The lowest BCUT2D eigenvalue weighted by Crippen LogP contribution is -2.37. The molecular formula is C21H25N5O. The summed E-state index contributed by atoms with van der Waals surface area (Å²) in [5, 5.41) is 3.22. The quantitative estimate of drug-likeness (QED) is 0.725. The maximum Gasteiger partial charge on any atom is 0.274 e. The van der Waals surface area contributed by atoms with Gasteiger partial charge in [-0.15, -0.1) is 0 Å². The van der Waals surface area contributed by atoms with E-state index >= 15 is 0 Å². The molecule has 1 fully saturated rings. The zero-order valence-electron chi connectivity index (χ0n) is 16.0. The summed E-state index contributed by atoms with van der Waals surface area (Å²) in [5.41, 5.74) is 3.76. The van der Waals surface area contributed by atoms with Crippen LogP contribution in [0.2, 0.25) is 0 Å². The van der Waals surface area contributed by atoms with Crippen LogP contribution in [0.5, 0.6) is 0 Å². The third kappa shape index (κ3) is 3.70. The van der Waals surface area contributed by atoms with Crippen molar-refractivity contribution in [2.75, 3.05) is 0 Å². The fourth-order valence-corrected chi connectivity index (χ4v) is 3.56. The lowest BCUT2D eigenvalue weighted by Gasteiger charge is -2.19. The Morgan fingerprint density at radius 2 is 2.04 bits per heavy atom. The normalized spacial score (nSPS) is 15.3. The molecule has 1 saturated carbocycles. The molecule has 1 amide bonds. The highest BCUT2D eigenvalue weighted by Gasteiger charge is 2.33. The van der Waals surface area contributed by atoms with Crippen LogP contribution in [0.25, 0.3) is 16.9 Å². The number of imidazole rings is 1. The molecule has 0 aliphatic heterocycles. The molecule has 27 heavy (non-hydrogen) atoms. The SMILES string of the molecule is Cc1cc(-c2ccncc2)nc2c(C(=O)NC(CC(C)C)C3CC3)ncn12. The van der Waals surface area contributed by atoms with Crippen molar-refractivity contribution in [3.05, 3.63) is 48.3 Å². The molecule has 0 aromatic carbocycles. The first-order valence-electron chi connectivity index (χ1n) is 9.59. The summed E-state index contributed by atoms with van der Waals surface area (Å²) in [6.45, 7) is 6.38. The number of aryl methyl sites for hydroxylation is 1. The number of nitrogens with zero attached hydrogens (tertiary/aromatic N) is 4. The highest BCUT2D eigenvalue weighted by Crippen LogP contribution is 2.35. The van der Waals surface area contributed by atoms with Crippen LogP contribution in [0.15, 0.2) is 36.9 Å². The average Bonchev–Trinajstić information content (AvgIpc) is 3.40. The van der Waals surface area contributed by atoms with Gasteiger partial charge in [0.05, 0.1) is 5.69 Å². The smallest absolute Gasteiger partial charge is 0.274 e. The minimum atomic E-state index is -0.131. The maximum absolute atomic E-state index is 13.0. The van der Waals surface area contributed by atoms with Crippen molar-refractivity contribution in [2.45, 2.75) is 46.1 Å². The Kier molecular flexibility index (Phi) is 4.64. The molecule has 3 aromatic rings. The van der Waals surface area contributed by atoms with Crippen molar-refractivity contribution < 1.29 is 4.79 Å². The van der Waals surface area contributed by atoms with Crippen molar-refractivity contribution in [1.82, 2.24) is 24.7 Å². The minimum absolute atomic E-state index is 0.131. The first-order valence-corrected chi connectivity index (χ1v) is 9.59. The van der Waals surface area contributed by atoms with E-state index in [4.69, 9.17) is 4.98 Å². The fourth-order valence-electron chi connectivity index (χ4n) is 3.56. The van der Waals surface area contributed by atoms with Crippen LogP contribution in [-0.2, 0) is 0 Å². The highest BCUT2D eigenvalue weighted by molar-refractivity contribution is 5.98. The van der Waals surface area contributed by atoms with Crippen LogP contribution < -0.4 is 5.32 Å². The van der Waals surface area contributed by atoms with E-state index in [1.807, 2.05) is 29.5 Å². The lowest BCUT2D eigenvalue weighted by molar-refractivity contribution is 0.0923. The lowest BCUT2D eigenvalue weighted by atomic mass is 10.00. The van der Waals surface area contributed by atoms with Crippen molar-refractivity contribution in [3.63, 3.8) is 0 Å². The summed E-state index contributed by atoms with van der Waals surface area (Å²) in [6.07, 6.45) is 8.56. The fraction of sp³-hybridized carbons (Fsp3) is 0.429. The molecule has 3 heterocycles. The number of carbonyl (C=O) groups excluding carboxylic acids is 1. The van der Waals surface area contributed by atoms with Crippen LogP contribution in [0.1, 0.15) is 49.3 Å². The molecule has 0 spiro atoms. The molecule has 1 aliphatic rings. The van der Waals surface area contributed by atoms with E-state index < -0.39 is 0 Å². The summed E-state index contributed by atoms with van der Waals surface area (Å²) >= 11 is 0. The second kappa shape index (κ2) is 7.10. The predicted molar refractivity (Wildman–Crippen MR) is 104 cm³/mol. The van der Waals surface area contributed by atoms with Crippen LogP contribution >= 0.6 is 0 Å². The zero-order valence-corrected chi connectivity index (χ0v) is 16.0. The Labute approximate surface area is 159 Å². The largest absolute Gasteiger partial charge is 0.348 e. The van der Waals surface area contributed by atoms with Crippen LogP contribution in [-0.4, -0.2) is 31.3 Å². The van der Waals surface area contributed by atoms with Gasteiger partial charge in [-0.2, -0.15) is 0 Å². The molecular weight excluding hydrogens is 338 g/mol. The van der Waals surface area contributed by atoms with Crippen molar-refractivity contribution in [1.29, 1.82) is 0 Å². The topological polar surface area (TPSA) is 72.2 Å². The molecule has 140 valence electrons. The van der Waals surface area contributed by atoms with Gasteiger partial charge in [0.15, 0.2) is 11.3 Å². The van der Waals surface area contributed by atoms with Crippen LogP contribution in [0.3, 0.4) is 0 Å². The third-order valence-corrected chi connectivity index (χ3v) is 5.12. The summed E-state index contributed by atoms with van der Waals surface area (Å²) in [5.74, 6) is 1.02. The van der Waals surface area contributed by atoms with Gasteiger partial charge in [-0.1, -0.05) is 13.8 Å². The number of hydrogen-bond donors (Lipinski definition) is 1. The third-order valence-electron chi connectivity index (χ3n) is 5.12. The minimum Gasteiger partial charge on any atom is -0.348 e. The molecule has 1 atom stereocenters. The van der Waals surface area contributed by atoms with Gasteiger partial charge in [-0.3, -0.25) is 14.2 Å². The van der Waals surface area contributed by atoms with Gasteiger partial charge in [0.1, 0.15) is 6.33 Å². The number of aromatic nitrogens is 4. The maximum atomic E-state index is 13.0. The zero-order chi connectivity index (χ0) is 19.0. The van der Waals surface area contributed by atoms with Crippen molar-refractivity contribution >= 4 is 11.6 Å². The molecule has 0 radical (unpaired) electrons. The van der Waals surface area contributed by atoms with Crippen molar-refractivity contribution in [2.24, 2.45) is 11.8 Å². The first kappa shape index (κ1) is 17.6. The van der Waals surface area contributed by atoms with Gasteiger partial charge in [-0.25, -0.2) is 9.97 Å². The summed E-state index contributed by atoms with van der Waals surface area (Å²) < 4.78 is 1.87. The van der Waals surface area contributed by atoms with Crippen LogP contribution in [0.4, 0.5) is 0 Å². The molecule has 3 aromatic heterocycles. The molecule has 1 unspecified atom stereocenters. The van der Waals surface area contributed by atoms with Crippen molar-refractivity contribution in [3.8, 4) is 11.3 Å². The second-order valence-electron chi connectivity index (χ2n) is 7.85. The molecule has 0 bridgehead atoms. The standard InChI is InChI=1S/C21H25N5O/c1-13(2)10-17(15-4-5-15)25-21(27)19-20-24-18(16-6-8-22-9-7-16)11-14(3)26(20)12-23-19/h6-9,11-13,15,17H,4-5,10H2,1-3H3,(H,25,27). The summed E-state index contributed by atoms with van der Waals surface area (Å²) in [7, 11) is 0. The second-order valence-corrected chi connectivity index (χ2v) is 7.85. The van der Waals surface area contributed by atoms with E-state index in [0.717, 1.165) is 23.4 Å². The Bertz CT molecular complexity index is 959. The molecule has 6 nitrogen and oxygen atoms in total. The van der Waals surface area contributed by atoms with E-state index in [1.54, 1.807) is 18.7 Å². The van der Waals surface area contributed by atoms with Gasteiger partial charge < -0.3 is 5.32 Å². The predicted octanol–water partition coefficient (Wildman–Crippen LogP) is 3.65. The summed E-state index contributed by atoms with van der Waals surface area (Å²) in [6, 6.07) is 6.05. The van der Waals surface area contributed by atoms with Gasteiger partial charge in [0.25, 0.3) is 5.91 Å². The number of amides is 1. The Balaban J connectivity index is 1.67. The number of pyridine rings is 1. The number of rotatable bonds is 6. The molecule has 1 N–H and O–H groups in total. The average molecular weight is 363 g/mol. The van der Waals surface area contributed by atoms with E-state index in [0.29, 0.717) is 23.2 Å². The van der Waals surface area contributed by atoms with Gasteiger partial charge in [-0.05, 0) is 56.2 Å². The Morgan fingerprint density at radius 1 is 1.30 bits per heavy atom. The molecule has 1 aliphatic carbocycles. The van der Waals surface area contributed by atoms with E-state index in [-0.39, 0.29) is 11.9 Å². The van der Waals surface area contributed by atoms with E-state index in [2.05, 4.69) is 29.1 Å². The summed E-state index contributed by atoms with van der Waals surface area (Å²) in [4.78, 5) is 26.1. The monoisotopic (exact) mass is 363 g/mol. The highest BCUT2D eigenvalue weighted by atomic mass is 16.2. The van der Waals surface area contributed by atoms with Crippen LogP contribution in [0, 0.1) is 18.8 Å². The van der Waals surface area contributed by atoms with E-state index in [9.17, 15) is 4.79 Å². The number of hydrogen-bond acceptors (Lipinski definition) is 4. The Morgan fingerprint density at radius 3 is 2.70 bits per heavy atom. The number of nitrogens with one attached hydrogen (secondary N) is 1. The Hall–Kier alpha value is -2.76. The first-order chi connectivity index (χ1) is 13.0. The number of carbonyl (C=O) groups is 1. The van der Waals surface area contributed by atoms with E-state index in [1.165, 1.54) is 12.8 Å².